The molecular weight excluding hydrogens is 1390 g/mol. The highest BCUT2D eigenvalue weighted by atomic mass is 16.3. The van der Waals surface area contributed by atoms with Crippen LogP contribution in [0, 0.1) is 23.7 Å². The van der Waals surface area contributed by atoms with Gasteiger partial charge in [-0.1, -0.05) is 343 Å². The summed E-state index contributed by atoms with van der Waals surface area (Å²) in [7, 11) is 0. The number of aliphatic hydroxyl groups is 2. The summed E-state index contributed by atoms with van der Waals surface area (Å²) in [5, 5.41) is 32.8. The third-order valence-electron chi connectivity index (χ3n) is 24.9. The van der Waals surface area contributed by atoms with E-state index in [0.717, 1.165) is 121 Å². The van der Waals surface area contributed by atoms with Crippen LogP contribution in [0.4, 0.5) is 45.5 Å². The number of nitrogens with one attached hydrogen (secondary N) is 2. The van der Waals surface area contributed by atoms with Gasteiger partial charge in [-0.2, -0.15) is 0 Å². The highest BCUT2D eigenvalue weighted by Gasteiger charge is 2.52. The fourth-order valence-electron chi connectivity index (χ4n) is 17.7. The molecule has 600 valence electrons. The number of amides is 2. The summed E-state index contributed by atoms with van der Waals surface area (Å²) < 4.78 is 0. The maximum Gasteiger partial charge on any atom is 0.224 e. The molecule has 11 rings (SSSR count). The van der Waals surface area contributed by atoms with E-state index >= 15 is 0 Å². The molecule has 0 saturated heterocycles. The van der Waals surface area contributed by atoms with Crippen molar-refractivity contribution in [1.82, 2.24) is 0 Å². The summed E-state index contributed by atoms with van der Waals surface area (Å²) in [5.74, 6) is 0.636. The molecule has 0 radical (unpaired) electrons. The van der Waals surface area contributed by atoms with Crippen molar-refractivity contribution >= 4 is 57.3 Å². The third-order valence-corrected chi connectivity index (χ3v) is 24.9. The summed E-state index contributed by atoms with van der Waals surface area (Å²) in [6.07, 6.45) is 24.9. The number of nitrogens with zero attached hydrogens (tertiary/aromatic N) is 2. The van der Waals surface area contributed by atoms with Crippen LogP contribution in [0.25, 0.3) is 44.5 Å². The van der Waals surface area contributed by atoms with E-state index in [-0.39, 0.29) is 11.8 Å². The number of anilines is 8. The first-order valence-corrected chi connectivity index (χ1v) is 44.3. The third kappa shape index (κ3) is 21.8. The molecule has 1 aliphatic carbocycles. The molecule has 2 amide bonds. The van der Waals surface area contributed by atoms with Crippen LogP contribution in [0.3, 0.4) is 0 Å². The Labute approximate surface area is 685 Å². The van der Waals surface area contributed by atoms with Gasteiger partial charge in [0, 0.05) is 70.2 Å². The number of unbranched alkanes of at least 4 members (excludes halogenated alkanes) is 6. The van der Waals surface area contributed by atoms with Crippen LogP contribution in [0.5, 0.6) is 0 Å². The quantitative estimate of drug-likeness (QED) is 0.0303. The van der Waals surface area contributed by atoms with Crippen molar-refractivity contribution in [2.45, 2.75) is 260 Å². The predicted molar refractivity (Wildman–Crippen MR) is 486 cm³/mol. The SMILES string of the molecule is CCCCC(=O)Nc1cc(N(c2ccc(-c3ccccc3CC(CC)CCCC)cc2)c2ccc(-c3ccccc3CC(CC)CCCC)cc2)ccc1C1C(O)C(c2ccc(N(c3ccc(-c4ccccc4CC(CC)CCCC)cc3)c3ccc(-c4ccccc4CC(CC)CCCC)cc3)cc2NC(=O)CCCC)C1O. The first-order chi connectivity index (χ1) is 55.8. The van der Waals surface area contributed by atoms with Crippen LogP contribution in [0.15, 0.2) is 231 Å². The molecule has 114 heavy (non-hydrogen) atoms. The van der Waals surface area contributed by atoms with Gasteiger partial charge in [-0.15, -0.1) is 0 Å². The fourth-order valence-corrected chi connectivity index (χ4v) is 17.7. The Hall–Kier alpha value is -9.34. The van der Waals surface area contributed by atoms with E-state index in [0.29, 0.717) is 71.9 Å². The Morgan fingerprint density at radius 3 is 0.781 bits per heavy atom. The molecule has 10 aromatic rings. The van der Waals surface area contributed by atoms with Gasteiger partial charge >= 0.3 is 0 Å². The maximum atomic E-state index is 14.4. The Morgan fingerprint density at radius 2 is 0.544 bits per heavy atom. The van der Waals surface area contributed by atoms with Crippen molar-refractivity contribution in [3.63, 3.8) is 0 Å². The van der Waals surface area contributed by atoms with E-state index in [1.807, 2.05) is 24.3 Å². The van der Waals surface area contributed by atoms with Crippen molar-refractivity contribution in [1.29, 1.82) is 0 Å². The number of rotatable bonds is 44. The number of hydrogen-bond donors (Lipinski definition) is 4. The largest absolute Gasteiger partial charge is 0.392 e. The van der Waals surface area contributed by atoms with E-state index in [2.05, 4.69) is 296 Å². The van der Waals surface area contributed by atoms with E-state index in [9.17, 15) is 19.8 Å². The van der Waals surface area contributed by atoms with Crippen molar-refractivity contribution in [3.8, 4) is 44.5 Å². The van der Waals surface area contributed by atoms with Crippen LogP contribution >= 0.6 is 0 Å². The van der Waals surface area contributed by atoms with Gasteiger partial charge in [-0.3, -0.25) is 9.59 Å². The van der Waals surface area contributed by atoms with Gasteiger partial charge in [0.25, 0.3) is 0 Å². The van der Waals surface area contributed by atoms with Crippen molar-refractivity contribution in [2.75, 3.05) is 20.4 Å². The molecule has 10 aromatic carbocycles. The second-order valence-corrected chi connectivity index (χ2v) is 32.8. The van der Waals surface area contributed by atoms with Crippen LogP contribution in [0.2, 0.25) is 0 Å². The lowest BCUT2D eigenvalue weighted by Gasteiger charge is -2.48. The van der Waals surface area contributed by atoms with E-state index < -0.39 is 24.0 Å². The summed E-state index contributed by atoms with van der Waals surface area (Å²) in [6.45, 7) is 22.6. The molecular formula is C106H132N4O4. The van der Waals surface area contributed by atoms with Gasteiger partial charge in [0.05, 0.1) is 12.2 Å². The molecule has 0 aliphatic heterocycles. The molecule has 1 fully saturated rings. The smallest absolute Gasteiger partial charge is 0.224 e. The van der Waals surface area contributed by atoms with E-state index in [1.54, 1.807) is 0 Å². The number of carbonyl (C=O) groups is 2. The monoisotopic (exact) mass is 1530 g/mol. The average Bonchev–Trinajstić information content (AvgIpc) is 0.730. The van der Waals surface area contributed by atoms with Crippen LogP contribution in [-0.2, 0) is 35.3 Å². The first kappa shape index (κ1) is 85.5. The highest BCUT2D eigenvalue weighted by molar-refractivity contribution is 5.95. The molecule has 1 saturated carbocycles. The Morgan fingerprint density at radius 1 is 0.307 bits per heavy atom. The van der Waals surface area contributed by atoms with Crippen LogP contribution in [-0.4, -0.2) is 34.2 Å². The van der Waals surface area contributed by atoms with Gasteiger partial charge < -0.3 is 30.6 Å². The Kier molecular flexibility index (Phi) is 32.6. The minimum absolute atomic E-state index is 0.130. The normalized spacial score (nSPS) is 15.7. The fraction of sp³-hybridized carbons (Fsp3) is 0.415. The van der Waals surface area contributed by atoms with Crippen molar-refractivity contribution in [3.05, 3.63) is 264 Å². The average molecular weight is 1530 g/mol. The van der Waals surface area contributed by atoms with E-state index in [1.165, 1.54) is 122 Å². The second-order valence-electron chi connectivity index (χ2n) is 32.8. The number of aliphatic hydroxyl groups excluding tert-OH is 2. The van der Waals surface area contributed by atoms with Crippen LogP contribution in [0.1, 0.15) is 256 Å². The zero-order chi connectivity index (χ0) is 80.3. The lowest BCUT2D eigenvalue weighted by Crippen LogP contribution is -2.52. The van der Waals surface area contributed by atoms with Gasteiger partial charge in [-0.25, -0.2) is 0 Å². The van der Waals surface area contributed by atoms with Gasteiger partial charge in [0.15, 0.2) is 0 Å². The maximum absolute atomic E-state index is 14.4. The van der Waals surface area contributed by atoms with Gasteiger partial charge in [0.2, 0.25) is 11.8 Å². The molecule has 4 atom stereocenters. The van der Waals surface area contributed by atoms with Gasteiger partial charge in [-0.05, 0) is 213 Å². The number of carbonyl (C=O) groups excluding carboxylic acids is 2. The van der Waals surface area contributed by atoms with E-state index in [4.69, 9.17) is 0 Å². The molecule has 0 spiro atoms. The summed E-state index contributed by atoms with van der Waals surface area (Å²) in [5.41, 5.74) is 22.9. The summed E-state index contributed by atoms with van der Waals surface area (Å²) in [6, 6.07) is 83.5. The molecule has 0 aromatic heterocycles. The molecule has 4 unspecified atom stereocenters. The van der Waals surface area contributed by atoms with Crippen LogP contribution < -0.4 is 20.4 Å². The molecule has 8 nitrogen and oxygen atoms in total. The molecule has 0 bridgehead atoms. The Balaban J connectivity index is 0.981. The second kappa shape index (κ2) is 43.4. The minimum atomic E-state index is -1.10. The van der Waals surface area contributed by atoms with Crippen molar-refractivity contribution < 1.29 is 19.8 Å². The Bertz CT molecular complexity index is 4110. The topological polar surface area (TPSA) is 105 Å². The molecule has 8 heteroatoms. The first-order valence-electron chi connectivity index (χ1n) is 44.3. The van der Waals surface area contributed by atoms with Crippen molar-refractivity contribution in [2.24, 2.45) is 23.7 Å². The lowest BCUT2D eigenvalue weighted by molar-refractivity contribution is -0.117. The lowest BCUT2D eigenvalue weighted by atomic mass is 9.62. The zero-order valence-electron chi connectivity index (χ0n) is 70.5. The number of benzene rings is 10. The molecule has 4 N–H and O–H groups in total. The zero-order valence-corrected chi connectivity index (χ0v) is 70.5. The van der Waals surface area contributed by atoms with Gasteiger partial charge in [0.1, 0.15) is 0 Å². The summed E-state index contributed by atoms with van der Waals surface area (Å²) >= 11 is 0. The predicted octanol–water partition coefficient (Wildman–Crippen LogP) is 29.2. The molecule has 0 heterocycles. The standard InChI is InChI=1S/C106H132N4O4/c1-11-21-35-75(17-7)69-83-39-27-31-43-93(83)79-49-57-87(58-50-79)109(88-59-51-80(52-60-88)94-44-32-28-40-84(94)70-76(18-8)36-22-12-2)91-65-67-97(99(73-91)107-101(111)47-25-15-5)103-105(113)104(106(103)114)98-68-66-92(74-100(98)108-102(112)48-26-16-6)110(89-61-53-81(54-62-89)95-45-33-29-41-85(95)71-77(19-9)37-23-13-3)90-63-55-82(56-64-90)96-46-34-30-42-86(96)72-78(20-10)38-24-14-4/h27-34,39-46,49-68,73-78,103-106,113-114H,11-26,35-38,47-48,69-72H2,1-10H3,(H,107,111)(H,108,112). The minimum Gasteiger partial charge on any atom is -0.392 e. The number of hydrogen-bond acceptors (Lipinski definition) is 6. The molecule has 1 aliphatic rings. The highest BCUT2D eigenvalue weighted by Crippen LogP contribution is 2.54. The summed E-state index contributed by atoms with van der Waals surface area (Å²) in [4.78, 5) is 33.2.